The topological polar surface area (TPSA) is 89.0 Å². The van der Waals surface area contributed by atoms with Crippen molar-refractivity contribution in [1.82, 2.24) is 20.1 Å². The molecule has 0 aliphatic carbocycles. The third-order valence-corrected chi connectivity index (χ3v) is 5.65. The molecule has 35 heavy (non-hydrogen) atoms. The third-order valence-electron chi connectivity index (χ3n) is 5.65. The van der Waals surface area contributed by atoms with Gasteiger partial charge in [-0.3, -0.25) is 4.68 Å². The number of para-hydroxylation sites is 1. The van der Waals surface area contributed by atoms with Gasteiger partial charge in [-0.1, -0.05) is 18.1 Å². The van der Waals surface area contributed by atoms with Gasteiger partial charge >= 0.3 is 0 Å². The van der Waals surface area contributed by atoms with Gasteiger partial charge in [0.1, 0.15) is 22.9 Å². The highest BCUT2D eigenvalue weighted by atomic mass is 19.1. The molecule has 0 saturated carbocycles. The number of rotatable bonds is 5. The summed E-state index contributed by atoms with van der Waals surface area (Å²) >= 11 is 0. The summed E-state index contributed by atoms with van der Waals surface area (Å²) in [6.45, 7) is 3.19. The summed E-state index contributed by atoms with van der Waals surface area (Å²) in [5.74, 6) is 4.85. The summed E-state index contributed by atoms with van der Waals surface area (Å²) in [6.07, 6.45) is 0.289. The quantitative estimate of drug-likeness (QED) is 0.378. The normalized spacial score (nSPS) is 12.4. The van der Waals surface area contributed by atoms with Gasteiger partial charge in [0.25, 0.3) is 0 Å². The molecular weight excluding hydrogens is 448 g/mol. The molecule has 0 fully saturated rings. The molecule has 4 N–H and O–H groups in total. The van der Waals surface area contributed by atoms with Crippen molar-refractivity contribution >= 4 is 16.7 Å². The average molecular weight is 476 g/mol. The van der Waals surface area contributed by atoms with E-state index < -0.39 is 23.3 Å². The summed E-state index contributed by atoms with van der Waals surface area (Å²) in [7, 11) is 3.59. The predicted octanol–water partition coefficient (Wildman–Crippen LogP) is 4.12. The van der Waals surface area contributed by atoms with Crippen LogP contribution in [0.5, 0.6) is 0 Å². The van der Waals surface area contributed by atoms with Crippen molar-refractivity contribution in [2.45, 2.75) is 31.9 Å². The number of nitrogens with two attached hydrogens (primary N) is 1. The van der Waals surface area contributed by atoms with Crippen molar-refractivity contribution in [2.75, 3.05) is 12.8 Å². The van der Waals surface area contributed by atoms with Gasteiger partial charge < -0.3 is 16.2 Å². The second kappa shape index (κ2) is 9.45. The number of halogens is 2. The molecule has 0 amide bonds. The standard InChI is InChI=1S/C27H27F2N5O/c1-27(2,35)11-10-19-8-9-20(21-6-5-7-22-25(21)34(4)33-26(22)30)24(32-19)23(31-3)14-16-12-17(28)15-18(29)13-16/h5-9,12-13,15,23,31,35H,14H2,1-4H3,(H2,30,33). The molecule has 0 aliphatic heterocycles. The van der Waals surface area contributed by atoms with Gasteiger partial charge in [-0.05, 0) is 69.1 Å². The second-order valence-corrected chi connectivity index (χ2v) is 8.97. The molecule has 2 aromatic heterocycles. The summed E-state index contributed by atoms with van der Waals surface area (Å²) in [5.41, 5.74) is 9.05. The first-order valence-corrected chi connectivity index (χ1v) is 11.2. The zero-order chi connectivity index (χ0) is 25.3. The first-order chi connectivity index (χ1) is 16.6. The summed E-state index contributed by atoms with van der Waals surface area (Å²) in [4.78, 5) is 4.81. The number of likely N-dealkylation sites (N-methyl/N-ethyl adjacent to an activating group) is 1. The number of benzene rings is 2. The van der Waals surface area contributed by atoms with Crippen LogP contribution in [0.1, 0.15) is 36.8 Å². The molecular formula is C27H27F2N5O. The number of aryl methyl sites for hydroxylation is 1. The number of nitrogens with zero attached hydrogens (tertiary/aromatic N) is 3. The minimum absolute atomic E-state index is 0.289. The maximum absolute atomic E-state index is 13.9. The van der Waals surface area contributed by atoms with Gasteiger partial charge in [0.2, 0.25) is 0 Å². The molecule has 6 nitrogen and oxygen atoms in total. The Morgan fingerprint density at radius 2 is 1.83 bits per heavy atom. The van der Waals surface area contributed by atoms with Gasteiger partial charge in [0.05, 0.1) is 17.3 Å². The first-order valence-electron chi connectivity index (χ1n) is 11.2. The van der Waals surface area contributed by atoms with Crippen molar-refractivity contribution in [3.63, 3.8) is 0 Å². The van der Waals surface area contributed by atoms with E-state index in [1.54, 1.807) is 31.6 Å². The molecule has 180 valence electrons. The molecule has 2 aromatic carbocycles. The second-order valence-electron chi connectivity index (χ2n) is 8.97. The number of aromatic nitrogens is 3. The molecule has 0 radical (unpaired) electrons. The van der Waals surface area contributed by atoms with Crippen LogP contribution in [0.25, 0.3) is 22.0 Å². The molecule has 2 heterocycles. The summed E-state index contributed by atoms with van der Waals surface area (Å²) in [5, 5.41) is 18.4. The monoisotopic (exact) mass is 475 g/mol. The Kier molecular flexibility index (Phi) is 6.57. The highest BCUT2D eigenvalue weighted by molar-refractivity contribution is 6.00. The van der Waals surface area contributed by atoms with Crippen LogP contribution >= 0.6 is 0 Å². The van der Waals surface area contributed by atoms with Crippen molar-refractivity contribution in [3.05, 3.63) is 77.1 Å². The lowest BCUT2D eigenvalue weighted by molar-refractivity contribution is 0.143. The van der Waals surface area contributed by atoms with E-state index >= 15 is 0 Å². The van der Waals surface area contributed by atoms with Crippen molar-refractivity contribution in [2.24, 2.45) is 7.05 Å². The summed E-state index contributed by atoms with van der Waals surface area (Å²) in [6, 6.07) is 12.5. The fourth-order valence-electron chi connectivity index (χ4n) is 4.14. The number of nitrogens with one attached hydrogen (secondary N) is 1. The maximum atomic E-state index is 13.9. The number of aliphatic hydroxyl groups is 1. The number of fused-ring (bicyclic) bond motifs is 1. The molecule has 4 aromatic rings. The van der Waals surface area contributed by atoms with Crippen LogP contribution in [0, 0.1) is 23.5 Å². The highest BCUT2D eigenvalue weighted by Gasteiger charge is 2.21. The van der Waals surface area contributed by atoms with E-state index in [2.05, 4.69) is 22.3 Å². The van der Waals surface area contributed by atoms with E-state index in [0.717, 1.165) is 28.1 Å². The molecule has 1 unspecified atom stereocenters. The molecule has 8 heteroatoms. The van der Waals surface area contributed by atoms with E-state index in [-0.39, 0.29) is 6.42 Å². The number of nitrogen functional groups attached to an aromatic ring is 1. The van der Waals surface area contributed by atoms with Crippen LogP contribution in [0.4, 0.5) is 14.6 Å². The largest absolute Gasteiger partial charge is 0.382 e. The minimum Gasteiger partial charge on any atom is -0.382 e. The van der Waals surface area contributed by atoms with E-state index in [4.69, 9.17) is 10.7 Å². The fraction of sp³-hybridized carbons (Fsp3) is 0.259. The van der Waals surface area contributed by atoms with E-state index in [9.17, 15) is 13.9 Å². The zero-order valence-corrected chi connectivity index (χ0v) is 20.0. The SMILES string of the molecule is CNC(Cc1cc(F)cc(F)c1)c1nc(C#CC(C)(C)O)ccc1-c1cccc2c(N)nn(C)c12. The smallest absolute Gasteiger partial charge is 0.153 e. The Bertz CT molecular complexity index is 1440. The lowest BCUT2D eigenvalue weighted by atomic mass is 9.94. The van der Waals surface area contributed by atoms with Gasteiger partial charge in [-0.25, -0.2) is 13.8 Å². The Morgan fingerprint density at radius 3 is 2.49 bits per heavy atom. The predicted molar refractivity (Wildman–Crippen MR) is 133 cm³/mol. The van der Waals surface area contributed by atoms with Gasteiger partial charge in [0, 0.05) is 29.6 Å². The fourth-order valence-corrected chi connectivity index (χ4v) is 4.14. The van der Waals surface area contributed by atoms with E-state index in [0.29, 0.717) is 22.8 Å². The Hall–Kier alpha value is -3.80. The number of pyridine rings is 1. The van der Waals surface area contributed by atoms with Crippen molar-refractivity contribution < 1.29 is 13.9 Å². The molecule has 0 aliphatic rings. The van der Waals surface area contributed by atoms with Crippen LogP contribution in [-0.2, 0) is 13.5 Å². The summed E-state index contributed by atoms with van der Waals surface area (Å²) < 4.78 is 29.5. The number of hydrogen-bond donors (Lipinski definition) is 3. The Balaban J connectivity index is 1.91. The van der Waals surface area contributed by atoms with E-state index in [1.165, 1.54) is 12.1 Å². The molecule has 0 bridgehead atoms. The van der Waals surface area contributed by atoms with Crippen LogP contribution < -0.4 is 11.1 Å². The van der Waals surface area contributed by atoms with Gasteiger partial charge in [0.15, 0.2) is 5.82 Å². The van der Waals surface area contributed by atoms with Crippen LogP contribution in [0.15, 0.2) is 48.5 Å². The maximum Gasteiger partial charge on any atom is 0.153 e. The van der Waals surface area contributed by atoms with Crippen molar-refractivity contribution in [1.29, 1.82) is 0 Å². The van der Waals surface area contributed by atoms with Gasteiger partial charge in [-0.15, -0.1) is 0 Å². The minimum atomic E-state index is -1.18. The van der Waals surface area contributed by atoms with Gasteiger partial charge in [-0.2, -0.15) is 5.10 Å². The highest BCUT2D eigenvalue weighted by Crippen LogP contribution is 2.35. The van der Waals surface area contributed by atoms with Crippen LogP contribution in [0.3, 0.4) is 0 Å². The number of anilines is 1. The average Bonchev–Trinajstić information content (AvgIpc) is 3.08. The first kappa shape index (κ1) is 24.3. The Morgan fingerprint density at radius 1 is 1.11 bits per heavy atom. The third kappa shape index (κ3) is 5.32. The number of hydrogen-bond acceptors (Lipinski definition) is 5. The lowest BCUT2D eigenvalue weighted by Crippen LogP contribution is -2.21. The van der Waals surface area contributed by atoms with Crippen LogP contribution in [0.2, 0.25) is 0 Å². The Labute approximate surface area is 202 Å². The molecule has 1 atom stereocenters. The van der Waals surface area contributed by atoms with E-state index in [1.807, 2.05) is 31.3 Å². The lowest BCUT2D eigenvalue weighted by Gasteiger charge is -2.20. The molecule has 0 spiro atoms. The van der Waals surface area contributed by atoms with Crippen LogP contribution in [-0.4, -0.2) is 32.5 Å². The molecule has 4 rings (SSSR count). The van der Waals surface area contributed by atoms with Crippen molar-refractivity contribution in [3.8, 4) is 23.0 Å². The zero-order valence-electron chi connectivity index (χ0n) is 20.0. The molecule has 0 saturated heterocycles.